The third kappa shape index (κ3) is 10.7. The van der Waals surface area contributed by atoms with Gasteiger partial charge in [0.05, 0.1) is 5.44 Å². The van der Waals surface area contributed by atoms with Gasteiger partial charge in [-0.2, -0.15) is 12.6 Å². The second kappa shape index (κ2) is 9.75. The van der Waals surface area contributed by atoms with Crippen LogP contribution >= 0.6 is 25.3 Å². The first kappa shape index (κ1) is 12.7. The molecule has 0 rings (SSSR count). The van der Waals surface area contributed by atoms with Crippen LogP contribution in [0.25, 0.3) is 0 Å². The second-order valence-electron chi connectivity index (χ2n) is 3.11. The lowest BCUT2D eigenvalue weighted by atomic mass is 10.1. The van der Waals surface area contributed by atoms with E-state index in [-0.39, 0.29) is 0 Å². The quantitative estimate of drug-likeness (QED) is 0.318. The Hall–Kier alpha value is 0.660. The van der Waals surface area contributed by atoms with Gasteiger partial charge < -0.3 is 5.11 Å². The van der Waals surface area contributed by atoms with Gasteiger partial charge in [-0.1, -0.05) is 32.1 Å². The minimum Gasteiger partial charge on any atom is -0.383 e. The van der Waals surface area contributed by atoms with Crippen LogP contribution in [0.3, 0.4) is 0 Å². The number of aliphatic hydroxyl groups excluding tert-OH is 1. The Morgan fingerprint density at radius 2 is 1.42 bits per heavy atom. The van der Waals surface area contributed by atoms with E-state index >= 15 is 0 Å². The molecule has 1 nitrogen and oxygen atoms in total. The second-order valence-corrected chi connectivity index (χ2v) is 4.16. The smallest absolute Gasteiger partial charge is 0.0964 e. The highest BCUT2D eigenvalue weighted by Gasteiger charge is 1.95. The van der Waals surface area contributed by atoms with Gasteiger partial charge in [0.1, 0.15) is 0 Å². The maximum absolute atomic E-state index is 8.85. The molecule has 12 heavy (non-hydrogen) atoms. The first-order valence-corrected chi connectivity index (χ1v) is 5.89. The predicted octanol–water partition coefficient (Wildman–Crippen LogP) is 2.90. The molecule has 0 spiro atoms. The molecule has 3 heteroatoms. The third-order valence-corrected chi connectivity index (χ3v) is 2.44. The Labute approximate surface area is 86.8 Å². The molecule has 0 saturated heterocycles. The molecule has 1 atom stereocenters. The van der Waals surface area contributed by atoms with Gasteiger partial charge in [0, 0.05) is 0 Å². The van der Waals surface area contributed by atoms with Gasteiger partial charge >= 0.3 is 0 Å². The maximum atomic E-state index is 8.85. The monoisotopic (exact) mass is 208 g/mol. The van der Waals surface area contributed by atoms with Gasteiger partial charge in [-0.3, -0.25) is 0 Å². The molecule has 0 amide bonds. The average molecular weight is 208 g/mol. The average Bonchev–Trinajstić information content (AvgIpc) is 2.02. The van der Waals surface area contributed by atoms with E-state index in [9.17, 15) is 0 Å². The summed E-state index contributed by atoms with van der Waals surface area (Å²) < 4.78 is 0. The fourth-order valence-corrected chi connectivity index (χ4v) is 1.55. The van der Waals surface area contributed by atoms with Crippen molar-refractivity contribution in [3.8, 4) is 0 Å². The molecule has 0 aliphatic carbocycles. The first-order chi connectivity index (χ1) is 5.77. The van der Waals surface area contributed by atoms with Crippen molar-refractivity contribution in [2.75, 3.05) is 5.75 Å². The molecule has 0 aromatic heterocycles. The summed E-state index contributed by atoms with van der Waals surface area (Å²) in [5.41, 5.74) is -0.414. The molecular weight excluding hydrogens is 188 g/mol. The Morgan fingerprint density at radius 3 is 1.92 bits per heavy atom. The van der Waals surface area contributed by atoms with E-state index < -0.39 is 5.44 Å². The summed E-state index contributed by atoms with van der Waals surface area (Å²) in [5.74, 6) is 1.01. The first-order valence-electron chi connectivity index (χ1n) is 4.74. The number of thiol groups is 2. The van der Waals surface area contributed by atoms with Crippen molar-refractivity contribution in [2.24, 2.45) is 0 Å². The van der Waals surface area contributed by atoms with Crippen molar-refractivity contribution in [1.29, 1.82) is 0 Å². The summed E-state index contributed by atoms with van der Waals surface area (Å²) in [4.78, 5) is 0. The van der Waals surface area contributed by atoms with Gasteiger partial charge in [0.25, 0.3) is 0 Å². The predicted molar refractivity (Wildman–Crippen MR) is 61.2 cm³/mol. The molecule has 0 aliphatic rings. The molecule has 74 valence electrons. The molecule has 0 saturated carbocycles. The van der Waals surface area contributed by atoms with Crippen molar-refractivity contribution in [2.45, 2.75) is 50.4 Å². The van der Waals surface area contributed by atoms with Crippen LogP contribution in [0.1, 0.15) is 44.9 Å². The fraction of sp³-hybridized carbons (Fsp3) is 1.00. The number of hydrogen-bond acceptors (Lipinski definition) is 3. The maximum Gasteiger partial charge on any atom is 0.0964 e. The summed E-state index contributed by atoms with van der Waals surface area (Å²) >= 11 is 8.05. The van der Waals surface area contributed by atoms with Gasteiger partial charge in [-0.05, 0) is 18.6 Å². The summed E-state index contributed by atoms with van der Waals surface area (Å²) in [6.45, 7) is 0. The van der Waals surface area contributed by atoms with Gasteiger partial charge in [0.15, 0.2) is 0 Å². The number of aliphatic hydroxyl groups is 1. The summed E-state index contributed by atoms with van der Waals surface area (Å²) in [6, 6.07) is 0. The molecule has 0 heterocycles. The topological polar surface area (TPSA) is 20.2 Å². The molecule has 0 radical (unpaired) electrons. The fourth-order valence-electron chi connectivity index (χ4n) is 1.15. The van der Waals surface area contributed by atoms with E-state index in [0.29, 0.717) is 0 Å². The third-order valence-electron chi connectivity index (χ3n) is 1.87. The number of rotatable bonds is 8. The van der Waals surface area contributed by atoms with Gasteiger partial charge in [-0.15, -0.1) is 12.6 Å². The van der Waals surface area contributed by atoms with Crippen LogP contribution in [0.2, 0.25) is 0 Å². The lowest BCUT2D eigenvalue weighted by Crippen LogP contribution is -1.94. The van der Waals surface area contributed by atoms with Gasteiger partial charge in [-0.25, -0.2) is 0 Å². The Bertz CT molecular complexity index is 86.6. The highest BCUT2D eigenvalue weighted by atomic mass is 32.1. The molecule has 0 aromatic rings. The summed E-state index contributed by atoms with van der Waals surface area (Å²) in [5, 5.41) is 8.85. The molecular formula is C9H20OS2. The van der Waals surface area contributed by atoms with E-state index in [0.717, 1.165) is 18.6 Å². The van der Waals surface area contributed by atoms with Crippen molar-refractivity contribution >= 4 is 25.3 Å². The molecule has 0 aliphatic heterocycles. The van der Waals surface area contributed by atoms with E-state index in [1.807, 2.05) is 0 Å². The van der Waals surface area contributed by atoms with Crippen molar-refractivity contribution in [1.82, 2.24) is 0 Å². The molecule has 1 unspecified atom stereocenters. The summed E-state index contributed by atoms with van der Waals surface area (Å²) in [7, 11) is 0. The van der Waals surface area contributed by atoms with Crippen molar-refractivity contribution in [3.05, 3.63) is 0 Å². The largest absolute Gasteiger partial charge is 0.383 e. The SMILES string of the molecule is OC(S)CCCCCCCCS. The van der Waals surface area contributed by atoms with Crippen LogP contribution < -0.4 is 0 Å². The highest BCUT2D eigenvalue weighted by molar-refractivity contribution is 7.80. The van der Waals surface area contributed by atoms with E-state index in [2.05, 4.69) is 25.3 Å². The van der Waals surface area contributed by atoms with Crippen LogP contribution in [0.15, 0.2) is 0 Å². The lowest BCUT2D eigenvalue weighted by molar-refractivity contribution is 0.249. The minimum absolute atomic E-state index is 0.414. The van der Waals surface area contributed by atoms with Crippen LogP contribution in [0.5, 0.6) is 0 Å². The van der Waals surface area contributed by atoms with E-state index in [4.69, 9.17) is 5.11 Å². The highest BCUT2D eigenvalue weighted by Crippen LogP contribution is 2.09. The Kier molecular flexibility index (Phi) is 10.3. The van der Waals surface area contributed by atoms with Crippen LogP contribution in [0.4, 0.5) is 0 Å². The standard InChI is InChI=1S/C9H20OS2/c10-9(12)7-5-3-1-2-4-6-8-11/h9-12H,1-8H2. The van der Waals surface area contributed by atoms with Crippen molar-refractivity contribution < 1.29 is 5.11 Å². The molecule has 0 bridgehead atoms. The molecule has 0 aromatic carbocycles. The normalized spacial score (nSPS) is 13.2. The summed E-state index contributed by atoms with van der Waals surface area (Å²) in [6.07, 6.45) is 8.29. The zero-order valence-electron chi connectivity index (χ0n) is 7.58. The lowest BCUT2D eigenvalue weighted by Gasteiger charge is -2.02. The zero-order chi connectivity index (χ0) is 9.23. The molecule has 0 fully saturated rings. The van der Waals surface area contributed by atoms with Crippen LogP contribution in [-0.2, 0) is 0 Å². The number of unbranched alkanes of at least 4 members (excludes halogenated alkanes) is 5. The van der Waals surface area contributed by atoms with Crippen molar-refractivity contribution in [3.63, 3.8) is 0 Å². The molecule has 1 N–H and O–H groups in total. The van der Waals surface area contributed by atoms with Gasteiger partial charge in [0.2, 0.25) is 0 Å². The Balaban J connectivity index is 2.82. The van der Waals surface area contributed by atoms with Crippen LogP contribution in [0, 0.1) is 0 Å². The van der Waals surface area contributed by atoms with Crippen LogP contribution in [-0.4, -0.2) is 16.3 Å². The van der Waals surface area contributed by atoms with E-state index in [1.54, 1.807) is 0 Å². The zero-order valence-corrected chi connectivity index (χ0v) is 9.36. The number of hydrogen-bond donors (Lipinski definition) is 3. The van der Waals surface area contributed by atoms with E-state index in [1.165, 1.54) is 32.1 Å². The minimum atomic E-state index is -0.414. The Morgan fingerprint density at radius 1 is 0.917 bits per heavy atom.